The number of likely N-dealkylation sites (tertiary alicyclic amines) is 1. The van der Waals surface area contributed by atoms with E-state index in [-0.39, 0.29) is 11.3 Å². The van der Waals surface area contributed by atoms with Crippen molar-refractivity contribution in [1.29, 1.82) is 0 Å². The smallest absolute Gasteiger partial charge is 0.295 e. The maximum Gasteiger partial charge on any atom is 0.295 e. The van der Waals surface area contributed by atoms with Crippen LogP contribution in [0.5, 0.6) is 0 Å². The van der Waals surface area contributed by atoms with Crippen molar-refractivity contribution in [1.82, 2.24) is 19.6 Å². The third kappa shape index (κ3) is 4.77. The van der Waals surface area contributed by atoms with Crippen molar-refractivity contribution < 1.29 is 14.7 Å². The van der Waals surface area contributed by atoms with Crippen molar-refractivity contribution in [3.05, 3.63) is 89.3 Å². The molecule has 182 valence electrons. The van der Waals surface area contributed by atoms with Crippen LogP contribution in [0.15, 0.2) is 72.4 Å². The van der Waals surface area contributed by atoms with Crippen LogP contribution in [0.25, 0.3) is 11.4 Å². The van der Waals surface area contributed by atoms with E-state index in [0.717, 1.165) is 37.3 Å². The summed E-state index contributed by atoms with van der Waals surface area (Å²) >= 11 is 0. The van der Waals surface area contributed by atoms with E-state index < -0.39 is 17.7 Å². The summed E-state index contributed by atoms with van der Waals surface area (Å²) in [6.07, 6.45) is 2.29. The Kier molecular flexibility index (Phi) is 7.46. The number of carbonyl (C=O) groups is 2. The molecule has 1 fully saturated rings. The maximum atomic E-state index is 13.3. The number of hydrogen-bond donors (Lipinski definition) is 1. The molecular formula is C28H32N4O3. The number of carbonyl (C=O) groups excluding carboxylic acids is 2. The third-order valence-electron chi connectivity index (χ3n) is 6.69. The highest BCUT2D eigenvalue weighted by molar-refractivity contribution is 6.46. The first-order valence-corrected chi connectivity index (χ1v) is 12.1. The molecular weight excluding hydrogens is 440 g/mol. The van der Waals surface area contributed by atoms with E-state index in [9.17, 15) is 14.7 Å². The zero-order valence-corrected chi connectivity index (χ0v) is 20.5. The second-order valence-corrected chi connectivity index (χ2v) is 8.67. The molecule has 3 aromatic rings. The summed E-state index contributed by atoms with van der Waals surface area (Å²) < 4.78 is 1.72. The molecule has 0 saturated carbocycles. The lowest BCUT2D eigenvalue weighted by Crippen LogP contribution is -2.33. The second-order valence-electron chi connectivity index (χ2n) is 8.67. The topological polar surface area (TPSA) is 78.7 Å². The third-order valence-corrected chi connectivity index (χ3v) is 6.69. The van der Waals surface area contributed by atoms with E-state index in [1.54, 1.807) is 15.8 Å². The molecule has 2 heterocycles. The number of Topliss-reactive ketones (excluding diaryl/α,β-unsaturated/α-hetero) is 1. The number of rotatable bonds is 9. The maximum absolute atomic E-state index is 13.3. The molecule has 7 heteroatoms. The number of nitrogens with zero attached hydrogens (tertiary/aromatic N) is 4. The fraction of sp³-hybridized carbons (Fsp3) is 0.321. The average Bonchev–Trinajstić information content (AvgIpc) is 3.40. The van der Waals surface area contributed by atoms with Crippen LogP contribution in [0.2, 0.25) is 0 Å². The van der Waals surface area contributed by atoms with Gasteiger partial charge in [-0.15, -0.1) is 0 Å². The minimum absolute atomic E-state index is 0.111. The Labute approximate surface area is 206 Å². The summed E-state index contributed by atoms with van der Waals surface area (Å²) in [4.78, 5) is 30.3. The zero-order valence-electron chi connectivity index (χ0n) is 20.5. The van der Waals surface area contributed by atoms with Crippen molar-refractivity contribution in [2.24, 2.45) is 0 Å². The van der Waals surface area contributed by atoms with Crippen LogP contribution in [-0.4, -0.2) is 62.6 Å². The molecule has 0 unspecified atom stereocenters. The van der Waals surface area contributed by atoms with E-state index >= 15 is 0 Å². The number of ketones is 1. The quantitative estimate of drug-likeness (QED) is 0.285. The average molecular weight is 473 g/mol. The van der Waals surface area contributed by atoms with E-state index in [1.807, 2.05) is 67.6 Å². The molecule has 1 amide bonds. The monoisotopic (exact) mass is 472 g/mol. The number of para-hydroxylation sites is 1. The lowest BCUT2D eigenvalue weighted by atomic mass is 9.95. The van der Waals surface area contributed by atoms with Crippen molar-refractivity contribution in [2.75, 3.05) is 26.2 Å². The molecule has 0 radical (unpaired) electrons. The zero-order chi connectivity index (χ0) is 24.9. The minimum Gasteiger partial charge on any atom is -0.507 e. The Morgan fingerprint density at radius 1 is 1.00 bits per heavy atom. The Bertz CT molecular complexity index is 1210. The Hall–Kier alpha value is -3.71. The molecule has 1 aromatic heterocycles. The molecule has 4 rings (SSSR count). The molecule has 1 aliphatic rings. The van der Waals surface area contributed by atoms with Crippen LogP contribution in [0, 0.1) is 6.92 Å². The van der Waals surface area contributed by atoms with Crippen LogP contribution in [0.1, 0.15) is 43.1 Å². The van der Waals surface area contributed by atoms with Gasteiger partial charge in [-0.3, -0.25) is 9.59 Å². The summed E-state index contributed by atoms with van der Waals surface area (Å²) in [6, 6.07) is 18.4. The van der Waals surface area contributed by atoms with Crippen LogP contribution in [-0.2, 0) is 9.59 Å². The van der Waals surface area contributed by atoms with Crippen LogP contribution in [0.3, 0.4) is 0 Å². The molecule has 1 N–H and O–H groups in total. The van der Waals surface area contributed by atoms with E-state index in [2.05, 4.69) is 23.8 Å². The van der Waals surface area contributed by atoms with Crippen LogP contribution < -0.4 is 0 Å². The predicted molar refractivity (Wildman–Crippen MR) is 136 cm³/mol. The van der Waals surface area contributed by atoms with Crippen molar-refractivity contribution in [3.63, 3.8) is 0 Å². The first kappa shape index (κ1) is 24.4. The highest BCUT2D eigenvalue weighted by Gasteiger charge is 2.46. The van der Waals surface area contributed by atoms with Gasteiger partial charge in [-0.2, -0.15) is 5.10 Å². The molecule has 35 heavy (non-hydrogen) atoms. The first-order chi connectivity index (χ1) is 17.0. The van der Waals surface area contributed by atoms with Gasteiger partial charge < -0.3 is 14.9 Å². The molecule has 2 aromatic carbocycles. The number of aliphatic hydroxyl groups is 1. The molecule has 7 nitrogen and oxygen atoms in total. The highest BCUT2D eigenvalue weighted by atomic mass is 16.3. The Morgan fingerprint density at radius 3 is 2.26 bits per heavy atom. The van der Waals surface area contributed by atoms with Gasteiger partial charge in [-0.1, -0.05) is 62.4 Å². The van der Waals surface area contributed by atoms with Gasteiger partial charge in [-0.25, -0.2) is 4.68 Å². The van der Waals surface area contributed by atoms with Gasteiger partial charge in [0.2, 0.25) is 0 Å². The predicted octanol–water partition coefficient (Wildman–Crippen LogP) is 4.33. The van der Waals surface area contributed by atoms with Gasteiger partial charge >= 0.3 is 0 Å². The lowest BCUT2D eigenvalue weighted by Gasteiger charge is -2.26. The van der Waals surface area contributed by atoms with Crippen molar-refractivity contribution >= 4 is 17.4 Å². The summed E-state index contributed by atoms with van der Waals surface area (Å²) in [5.74, 6) is -1.43. The van der Waals surface area contributed by atoms with Crippen LogP contribution in [0.4, 0.5) is 0 Å². The van der Waals surface area contributed by atoms with Crippen LogP contribution >= 0.6 is 0 Å². The molecule has 0 spiro atoms. The van der Waals surface area contributed by atoms with Gasteiger partial charge in [0, 0.05) is 6.54 Å². The normalized spacial score (nSPS) is 17.5. The SMILES string of the molecule is CCN(CC)CCCN1C(=O)C(=O)C(=C(O)c2cnn(-c3ccccc3)c2C)[C@@H]1c1ccccc1. The van der Waals surface area contributed by atoms with Gasteiger partial charge in [0.05, 0.1) is 34.8 Å². The minimum atomic E-state index is -0.661. The molecule has 1 aliphatic heterocycles. The summed E-state index contributed by atoms with van der Waals surface area (Å²) in [5.41, 5.74) is 2.88. The second kappa shape index (κ2) is 10.7. The van der Waals surface area contributed by atoms with Gasteiger partial charge in [0.25, 0.3) is 11.7 Å². The lowest BCUT2D eigenvalue weighted by molar-refractivity contribution is -0.140. The summed E-state index contributed by atoms with van der Waals surface area (Å²) in [6.45, 7) is 9.19. The van der Waals surface area contributed by atoms with Gasteiger partial charge in [0.15, 0.2) is 0 Å². The number of aromatic nitrogens is 2. The number of benzene rings is 2. The molecule has 0 aliphatic carbocycles. The molecule has 1 saturated heterocycles. The fourth-order valence-electron chi connectivity index (χ4n) is 4.71. The van der Waals surface area contributed by atoms with Crippen molar-refractivity contribution in [3.8, 4) is 5.69 Å². The number of amides is 1. The molecule has 1 atom stereocenters. The van der Waals surface area contributed by atoms with Gasteiger partial charge in [0.1, 0.15) is 5.76 Å². The van der Waals surface area contributed by atoms with E-state index in [1.165, 1.54) is 0 Å². The summed E-state index contributed by atoms with van der Waals surface area (Å²) in [7, 11) is 0. The number of hydrogen-bond acceptors (Lipinski definition) is 5. The van der Waals surface area contributed by atoms with Gasteiger partial charge in [-0.05, 0) is 50.7 Å². The largest absolute Gasteiger partial charge is 0.507 e. The standard InChI is InChI=1S/C28H32N4O3/c1-4-30(5-2)17-12-18-31-25(21-13-8-6-9-14-21)24(27(34)28(31)35)26(33)23-19-29-32(20(23)3)22-15-10-7-11-16-22/h6-11,13-16,19,25,33H,4-5,12,17-18H2,1-3H3/t25-/m0/s1. The number of aliphatic hydroxyl groups excluding tert-OH is 1. The Morgan fingerprint density at radius 2 is 1.63 bits per heavy atom. The summed E-state index contributed by atoms with van der Waals surface area (Å²) in [5, 5.41) is 15.8. The van der Waals surface area contributed by atoms with E-state index in [0.29, 0.717) is 17.8 Å². The Balaban J connectivity index is 1.74. The van der Waals surface area contributed by atoms with Crippen molar-refractivity contribution in [2.45, 2.75) is 33.2 Å². The molecule has 0 bridgehead atoms. The van der Waals surface area contributed by atoms with E-state index in [4.69, 9.17) is 0 Å². The fourth-order valence-corrected chi connectivity index (χ4v) is 4.71. The first-order valence-electron chi connectivity index (χ1n) is 12.1. The highest BCUT2D eigenvalue weighted by Crippen LogP contribution is 2.40.